The van der Waals surface area contributed by atoms with Gasteiger partial charge in [0.25, 0.3) is 0 Å². The number of ketones is 1. The molecular formula is C52H77N5O7. The first-order chi connectivity index (χ1) is 30.8. The number of carbonyl (C=O) groups excluding carboxylic acids is 5. The molecule has 0 radical (unpaired) electrons. The molecule has 2 aliphatic carbocycles. The number of amides is 4. The van der Waals surface area contributed by atoms with Crippen LogP contribution in [0.2, 0.25) is 0 Å². The van der Waals surface area contributed by atoms with E-state index < -0.39 is 47.0 Å². The molecule has 64 heavy (non-hydrogen) atoms. The summed E-state index contributed by atoms with van der Waals surface area (Å²) in [4.78, 5) is 74.1. The Kier molecular flexibility index (Phi) is 18.4. The van der Waals surface area contributed by atoms with Crippen molar-refractivity contribution >= 4 is 29.4 Å². The van der Waals surface area contributed by atoms with Gasteiger partial charge >= 0.3 is 0 Å². The lowest BCUT2D eigenvalue weighted by Gasteiger charge is -2.50. The van der Waals surface area contributed by atoms with E-state index in [1.54, 1.807) is 0 Å². The Labute approximate surface area is 382 Å². The van der Waals surface area contributed by atoms with E-state index in [2.05, 4.69) is 28.2 Å². The highest BCUT2D eigenvalue weighted by Crippen LogP contribution is 2.52. The van der Waals surface area contributed by atoms with E-state index >= 15 is 0 Å². The lowest BCUT2D eigenvalue weighted by molar-refractivity contribution is -0.143. The first-order valence-corrected chi connectivity index (χ1v) is 24.6. The number of nitrogens with zero attached hydrogens (tertiary/aromatic N) is 1. The van der Waals surface area contributed by atoms with Crippen molar-refractivity contribution in [2.24, 2.45) is 23.2 Å². The SMILES string of the molecule is CC(C)C[C@H](NC(=O)[C@H](CCc1ccccc1)NC(=O)CN1CCOCC1)C(=O)N[C@@H](Cc1ccccc1)C(=O)N[C@H]1CC(C)C2CCCCCCCCCCC1(C(=O)[C@@]1(C)CO1)C2. The van der Waals surface area contributed by atoms with Crippen LogP contribution in [-0.4, -0.2) is 104 Å². The van der Waals surface area contributed by atoms with E-state index in [0.29, 0.717) is 76.9 Å². The van der Waals surface area contributed by atoms with E-state index in [9.17, 15) is 24.0 Å². The van der Waals surface area contributed by atoms with Crippen molar-refractivity contribution in [3.63, 3.8) is 0 Å². The lowest BCUT2D eigenvalue weighted by atomic mass is 9.56. The summed E-state index contributed by atoms with van der Waals surface area (Å²) in [5.41, 5.74) is 0.289. The lowest BCUT2D eigenvalue weighted by Crippen LogP contribution is -2.63. The molecule has 0 aromatic heterocycles. The van der Waals surface area contributed by atoms with Crippen LogP contribution in [0.1, 0.15) is 129 Å². The smallest absolute Gasteiger partial charge is 0.243 e. The Morgan fingerprint density at radius 3 is 1.98 bits per heavy atom. The van der Waals surface area contributed by atoms with Crippen molar-refractivity contribution < 1.29 is 33.4 Å². The maximum absolute atomic E-state index is 14.9. The predicted molar refractivity (Wildman–Crippen MR) is 249 cm³/mol. The fourth-order valence-corrected chi connectivity index (χ4v) is 10.5. The number of nitrogens with one attached hydrogen (secondary N) is 4. The van der Waals surface area contributed by atoms with E-state index in [-0.39, 0.29) is 36.5 Å². The van der Waals surface area contributed by atoms with Crippen molar-refractivity contribution in [3.8, 4) is 0 Å². The molecule has 2 bridgehead atoms. The summed E-state index contributed by atoms with van der Waals surface area (Å²) in [6, 6.07) is 16.2. The van der Waals surface area contributed by atoms with Crippen LogP contribution in [-0.2, 0) is 46.3 Å². The van der Waals surface area contributed by atoms with Crippen LogP contribution in [0.15, 0.2) is 60.7 Å². The number of aryl methyl sites for hydroxylation is 1. The molecule has 4 N–H and O–H groups in total. The first-order valence-electron chi connectivity index (χ1n) is 24.6. The van der Waals surface area contributed by atoms with Gasteiger partial charge in [-0.2, -0.15) is 0 Å². The predicted octanol–water partition coefficient (Wildman–Crippen LogP) is 6.48. The third-order valence-corrected chi connectivity index (χ3v) is 14.4. The Bertz CT molecular complexity index is 1820. The van der Waals surface area contributed by atoms with Crippen molar-refractivity contribution in [1.82, 2.24) is 26.2 Å². The molecule has 0 spiro atoms. The molecule has 3 unspecified atom stereocenters. The van der Waals surface area contributed by atoms with E-state index in [4.69, 9.17) is 9.47 Å². The zero-order valence-corrected chi connectivity index (χ0v) is 39.2. The number of hydrogen-bond donors (Lipinski definition) is 4. The summed E-state index contributed by atoms with van der Waals surface area (Å²) in [6.07, 6.45) is 13.8. The van der Waals surface area contributed by atoms with Gasteiger partial charge in [-0.05, 0) is 74.3 Å². The number of benzene rings is 2. The number of morpholine rings is 1. The maximum Gasteiger partial charge on any atom is 0.243 e. The first kappa shape index (κ1) is 49.3. The van der Waals surface area contributed by atoms with Gasteiger partial charge in [-0.3, -0.25) is 28.9 Å². The fraction of sp³-hybridized carbons (Fsp3) is 0.673. The third-order valence-electron chi connectivity index (χ3n) is 14.4. The van der Waals surface area contributed by atoms with Gasteiger partial charge in [0.05, 0.1) is 31.8 Å². The third kappa shape index (κ3) is 14.2. The molecule has 4 fully saturated rings. The highest BCUT2D eigenvalue weighted by molar-refractivity contribution is 5.97. The van der Waals surface area contributed by atoms with Gasteiger partial charge in [0.15, 0.2) is 5.78 Å². The normalized spacial score (nSPS) is 27.0. The van der Waals surface area contributed by atoms with E-state index in [0.717, 1.165) is 49.7 Å². The molecule has 2 saturated carbocycles. The maximum atomic E-state index is 14.9. The topological polar surface area (TPSA) is 158 Å². The quantitative estimate of drug-likeness (QED) is 0.124. The molecule has 2 aromatic carbocycles. The summed E-state index contributed by atoms with van der Waals surface area (Å²) < 4.78 is 11.3. The van der Waals surface area contributed by atoms with Gasteiger partial charge in [-0.25, -0.2) is 0 Å². The molecule has 4 amide bonds. The minimum atomic E-state index is -0.980. The van der Waals surface area contributed by atoms with Gasteiger partial charge in [0, 0.05) is 25.6 Å². The van der Waals surface area contributed by atoms with Crippen molar-refractivity contribution in [2.45, 2.75) is 160 Å². The second-order valence-electron chi connectivity index (χ2n) is 20.1. The van der Waals surface area contributed by atoms with E-state index in [1.165, 1.54) is 25.7 Å². The van der Waals surface area contributed by atoms with Crippen LogP contribution in [0.3, 0.4) is 0 Å². The minimum Gasteiger partial charge on any atom is -0.379 e. The second-order valence-corrected chi connectivity index (χ2v) is 20.1. The number of Topliss-reactive ketones (excluding diaryl/α,β-unsaturated/α-hetero) is 1. The molecule has 12 nitrogen and oxygen atoms in total. The zero-order chi connectivity index (χ0) is 45.5. The monoisotopic (exact) mass is 884 g/mol. The molecule has 4 aliphatic rings. The number of carbonyl (C=O) groups is 5. The highest BCUT2D eigenvalue weighted by atomic mass is 16.6. The number of ether oxygens (including phenoxy) is 2. The molecular weight excluding hydrogens is 807 g/mol. The minimum absolute atomic E-state index is 0.0232. The molecule has 8 atom stereocenters. The summed E-state index contributed by atoms with van der Waals surface area (Å²) in [7, 11) is 0. The molecule has 2 heterocycles. The van der Waals surface area contributed by atoms with Crippen molar-refractivity contribution in [3.05, 3.63) is 71.8 Å². The summed E-state index contributed by atoms with van der Waals surface area (Å²) in [5.74, 6) is -0.703. The van der Waals surface area contributed by atoms with Crippen LogP contribution < -0.4 is 21.3 Å². The molecule has 2 aliphatic heterocycles. The average Bonchev–Trinajstić information content (AvgIpc) is 4.04. The zero-order valence-electron chi connectivity index (χ0n) is 39.2. The van der Waals surface area contributed by atoms with E-state index in [1.807, 2.05) is 86.3 Å². The second kappa shape index (κ2) is 23.9. The Hall–Kier alpha value is -4.13. The molecule has 6 rings (SSSR count). The van der Waals surface area contributed by atoms with Crippen LogP contribution in [0, 0.1) is 23.2 Å². The number of epoxide rings is 1. The molecule has 2 aromatic rings. The van der Waals surface area contributed by atoms with Crippen LogP contribution >= 0.6 is 0 Å². The largest absolute Gasteiger partial charge is 0.379 e. The van der Waals surface area contributed by atoms with Crippen molar-refractivity contribution in [2.75, 3.05) is 39.5 Å². The molecule has 2 saturated heterocycles. The molecule has 352 valence electrons. The Morgan fingerprint density at radius 2 is 1.34 bits per heavy atom. The number of fused-ring (bicyclic) bond motifs is 2. The van der Waals surface area contributed by atoms with Crippen LogP contribution in [0.25, 0.3) is 0 Å². The summed E-state index contributed by atoms with van der Waals surface area (Å²) in [6.45, 7) is 11.1. The number of hydrogen-bond acceptors (Lipinski definition) is 8. The van der Waals surface area contributed by atoms with Gasteiger partial charge in [-0.15, -0.1) is 0 Å². The summed E-state index contributed by atoms with van der Waals surface area (Å²) >= 11 is 0. The number of rotatable bonds is 18. The fourth-order valence-electron chi connectivity index (χ4n) is 10.5. The van der Waals surface area contributed by atoms with Crippen molar-refractivity contribution in [1.29, 1.82) is 0 Å². The van der Waals surface area contributed by atoms with Gasteiger partial charge in [-0.1, -0.05) is 139 Å². The molecule has 12 heteroatoms. The van der Waals surface area contributed by atoms with Gasteiger partial charge in [0.2, 0.25) is 23.6 Å². The summed E-state index contributed by atoms with van der Waals surface area (Å²) in [5, 5.41) is 12.5. The Balaban J connectivity index is 1.23. The highest BCUT2D eigenvalue weighted by Gasteiger charge is 2.61. The standard InChI is InChI=1S/C52H77N5O7/c1-37(2)31-43(54-47(59)42(25-24-39-19-13-11-14-20-39)53-46(58)35-57-27-29-63-30-28-57)48(60)55-44(33-40-21-15-12-16-22-40)49(61)56-45-32-38(3)41-23-17-9-7-5-6-8-10-18-26-52(45,34-41)50(62)51(4)36-64-51/h11-16,19-22,37-38,41-45H,5-10,17-18,23-36H2,1-4H3,(H,53,58)(H,54,59)(H,55,60)(H,56,61)/t38?,41?,42-,43-,44-,45-,51+,52?/m0/s1. The Morgan fingerprint density at radius 1 is 0.750 bits per heavy atom. The van der Waals surface area contributed by atoms with Crippen LogP contribution in [0.4, 0.5) is 0 Å². The van der Waals surface area contributed by atoms with Gasteiger partial charge < -0.3 is 30.7 Å². The van der Waals surface area contributed by atoms with Gasteiger partial charge in [0.1, 0.15) is 23.7 Å². The van der Waals surface area contributed by atoms with Crippen LogP contribution in [0.5, 0.6) is 0 Å². The average molecular weight is 884 g/mol.